The van der Waals surface area contributed by atoms with E-state index in [1.165, 1.54) is 18.4 Å². The van der Waals surface area contributed by atoms with Gasteiger partial charge >= 0.3 is 0 Å². The minimum absolute atomic E-state index is 0.0484. The molecule has 0 atom stereocenters. The van der Waals surface area contributed by atoms with E-state index in [0.29, 0.717) is 17.8 Å². The maximum atomic E-state index is 12.3. The van der Waals surface area contributed by atoms with Crippen molar-refractivity contribution < 1.29 is 13.2 Å². The van der Waals surface area contributed by atoms with Gasteiger partial charge in [-0.2, -0.15) is 0 Å². The van der Waals surface area contributed by atoms with Crippen LogP contribution in [0.1, 0.15) is 15.9 Å². The molecule has 0 radical (unpaired) electrons. The molecular formula is C15H13NO3S. The van der Waals surface area contributed by atoms with Gasteiger partial charge < -0.3 is 4.90 Å². The number of anilines is 1. The Labute approximate surface area is 117 Å². The Kier molecular flexibility index (Phi) is 2.87. The first kappa shape index (κ1) is 12.9. The molecule has 2 aromatic carbocycles. The predicted octanol–water partition coefficient (Wildman–Crippen LogP) is 2.25. The molecule has 0 saturated carbocycles. The van der Waals surface area contributed by atoms with Crippen LogP contribution in [0.2, 0.25) is 0 Å². The molecule has 1 aliphatic heterocycles. The quantitative estimate of drug-likeness (QED) is 0.851. The molecule has 0 unspecified atom stereocenters. The SMILES string of the molecule is CS(=O)(=O)c1ccc(N2Cc3ccccc3C2=O)cc1. The minimum Gasteiger partial charge on any atom is -0.304 e. The van der Waals surface area contributed by atoms with E-state index in [0.717, 1.165) is 5.56 Å². The predicted molar refractivity (Wildman–Crippen MR) is 76.5 cm³/mol. The van der Waals surface area contributed by atoms with Crippen LogP contribution in [-0.2, 0) is 16.4 Å². The lowest BCUT2D eigenvalue weighted by atomic mass is 10.1. The number of hydrogen-bond acceptors (Lipinski definition) is 3. The highest BCUT2D eigenvalue weighted by Gasteiger charge is 2.27. The van der Waals surface area contributed by atoms with E-state index in [2.05, 4.69) is 0 Å². The highest BCUT2D eigenvalue weighted by Crippen LogP contribution is 2.28. The molecule has 2 aromatic rings. The van der Waals surface area contributed by atoms with E-state index in [1.807, 2.05) is 24.3 Å². The van der Waals surface area contributed by atoms with E-state index in [9.17, 15) is 13.2 Å². The van der Waals surface area contributed by atoms with Crippen molar-refractivity contribution in [2.75, 3.05) is 11.2 Å². The van der Waals surface area contributed by atoms with E-state index in [-0.39, 0.29) is 10.8 Å². The average molecular weight is 287 g/mol. The Morgan fingerprint density at radius 2 is 1.65 bits per heavy atom. The van der Waals surface area contributed by atoms with Crippen molar-refractivity contribution in [1.82, 2.24) is 0 Å². The number of benzene rings is 2. The summed E-state index contributed by atoms with van der Waals surface area (Å²) in [4.78, 5) is 14.2. The van der Waals surface area contributed by atoms with Crippen LogP contribution < -0.4 is 4.90 Å². The van der Waals surface area contributed by atoms with Gasteiger partial charge in [0, 0.05) is 17.5 Å². The number of nitrogens with zero attached hydrogens (tertiary/aromatic N) is 1. The zero-order chi connectivity index (χ0) is 14.3. The number of amides is 1. The lowest BCUT2D eigenvalue weighted by molar-refractivity contribution is 0.0996. The highest BCUT2D eigenvalue weighted by atomic mass is 32.2. The maximum absolute atomic E-state index is 12.3. The Balaban J connectivity index is 1.95. The van der Waals surface area contributed by atoms with Gasteiger partial charge in [-0.25, -0.2) is 8.42 Å². The Morgan fingerprint density at radius 1 is 1.00 bits per heavy atom. The first-order valence-electron chi connectivity index (χ1n) is 6.17. The molecule has 0 aromatic heterocycles. The summed E-state index contributed by atoms with van der Waals surface area (Å²) in [6, 6.07) is 13.9. The number of carbonyl (C=O) groups is 1. The van der Waals surface area contributed by atoms with Crippen molar-refractivity contribution >= 4 is 21.4 Å². The van der Waals surface area contributed by atoms with Crippen LogP contribution in [0.25, 0.3) is 0 Å². The topological polar surface area (TPSA) is 54.5 Å². The third-order valence-electron chi connectivity index (χ3n) is 3.40. The second kappa shape index (κ2) is 4.45. The number of fused-ring (bicyclic) bond motifs is 1. The van der Waals surface area contributed by atoms with Gasteiger partial charge in [0.15, 0.2) is 9.84 Å². The molecule has 0 N–H and O–H groups in total. The van der Waals surface area contributed by atoms with Crippen LogP contribution in [0.3, 0.4) is 0 Å². The first-order valence-corrected chi connectivity index (χ1v) is 8.06. The summed E-state index contributed by atoms with van der Waals surface area (Å²) in [5.41, 5.74) is 2.41. The fraction of sp³-hybridized carbons (Fsp3) is 0.133. The molecular weight excluding hydrogens is 274 g/mol. The monoisotopic (exact) mass is 287 g/mol. The molecule has 20 heavy (non-hydrogen) atoms. The van der Waals surface area contributed by atoms with Crippen molar-refractivity contribution in [3.63, 3.8) is 0 Å². The maximum Gasteiger partial charge on any atom is 0.258 e. The summed E-state index contributed by atoms with van der Waals surface area (Å²) >= 11 is 0. The Morgan fingerprint density at radius 3 is 2.25 bits per heavy atom. The molecule has 0 saturated heterocycles. The Bertz CT molecular complexity index is 779. The van der Waals surface area contributed by atoms with Crippen LogP contribution in [-0.4, -0.2) is 20.6 Å². The lowest BCUT2D eigenvalue weighted by Gasteiger charge is -2.15. The number of sulfone groups is 1. The van der Waals surface area contributed by atoms with Gasteiger partial charge in [-0.15, -0.1) is 0 Å². The standard InChI is InChI=1S/C15H13NO3S/c1-20(18,19)13-8-6-12(7-9-13)16-10-11-4-2-3-5-14(11)15(16)17/h2-9H,10H2,1H3. The van der Waals surface area contributed by atoms with Gasteiger partial charge in [0.2, 0.25) is 0 Å². The molecule has 0 aliphatic carbocycles. The van der Waals surface area contributed by atoms with E-state index in [4.69, 9.17) is 0 Å². The molecule has 1 aliphatic rings. The van der Waals surface area contributed by atoms with Crippen molar-refractivity contribution in [2.24, 2.45) is 0 Å². The molecule has 4 nitrogen and oxygen atoms in total. The van der Waals surface area contributed by atoms with E-state index in [1.54, 1.807) is 17.0 Å². The summed E-state index contributed by atoms with van der Waals surface area (Å²) in [5, 5.41) is 0. The van der Waals surface area contributed by atoms with Crippen LogP contribution in [0.15, 0.2) is 53.4 Å². The highest BCUT2D eigenvalue weighted by molar-refractivity contribution is 7.90. The fourth-order valence-electron chi connectivity index (χ4n) is 2.34. The fourth-order valence-corrected chi connectivity index (χ4v) is 2.97. The number of carbonyl (C=O) groups excluding carboxylic acids is 1. The van der Waals surface area contributed by atoms with Crippen LogP contribution in [0, 0.1) is 0 Å². The lowest BCUT2D eigenvalue weighted by Crippen LogP contribution is -2.22. The summed E-state index contributed by atoms with van der Waals surface area (Å²) in [6.07, 6.45) is 1.17. The minimum atomic E-state index is -3.21. The average Bonchev–Trinajstić information content (AvgIpc) is 2.76. The van der Waals surface area contributed by atoms with Gasteiger partial charge in [0.25, 0.3) is 5.91 Å². The van der Waals surface area contributed by atoms with E-state index < -0.39 is 9.84 Å². The van der Waals surface area contributed by atoms with Crippen LogP contribution in [0.4, 0.5) is 5.69 Å². The van der Waals surface area contributed by atoms with Gasteiger partial charge in [0.05, 0.1) is 11.4 Å². The number of hydrogen-bond donors (Lipinski definition) is 0. The van der Waals surface area contributed by atoms with Gasteiger partial charge in [-0.3, -0.25) is 4.79 Å². The summed E-state index contributed by atoms with van der Waals surface area (Å²) in [7, 11) is -3.21. The van der Waals surface area contributed by atoms with Gasteiger partial charge in [0.1, 0.15) is 0 Å². The third-order valence-corrected chi connectivity index (χ3v) is 4.53. The molecule has 3 rings (SSSR count). The molecule has 5 heteroatoms. The molecule has 0 spiro atoms. The van der Waals surface area contributed by atoms with Crippen molar-refractivity contribution in [3.05, 3.63) is 59.7 Å². The van der Waals surface area contributed by atoms with E-state index >= 15 is 0 Å². The normalized spacial score (nSPS) is 14.4. The van der Waals surface area contributed by atoms with Crippen LogP contribution in [0.5, 0.6) is 0 Å². The molecule has 0 bridgehead atoms. The smallest absolute Gasteiger partial charge is 0.258 e. The zero-order valence-corrected chi connectivity index (χ0v) is 11.7. The van der Waals surface area contributed by atoms with Gasteiger partial charge in [-0.05, 0) is 35.9 Å². The first-order chi connectivity index (χ1) is 9.47. The van der Waals surface area contributed by atoms with Crippen LogP contribution >= 0.6 is 0 Å². The zero-order valence-electron chi connectivity index (χ0n) is 10.9. The third kappa shape index (κ3) is 2.10. The second-order valence-corrected chi connectivity index (χ2v) is 6.83. The van der Waals surface area contributed by atoms with Crippen molar-refractivity contribution in [2.45, 2.75) is 11.4 Å². The van der Waals surface area contributed by atoms with Gasteiger partial charge in [-0.1, -0.05) is 18.2 Å². The molecule has 1 heterocycles. The summed E-state index contributed by atoms with van der Waals surface area (Å²) in [5.74, 6) is -0.0484. The Hall–Kier alpha value is -2.14. The molecule has 0 fully saturated rings. The molecule has 102 valence electrons. The summed E-state index contributed by atoms with van der Waals surface area (Å²) in [6.45, 7) is 0.521. The van der Waals surface area contributed by atoms with Crippen molar-refractivity contribution in [3.8, 4) is 0 Å². The summed E-state index contributed by atoms with van der Waals surface area (Å²) < 4.78 is 22.9. The number of rotatable bonds is 2. The molecule has 1 amide bonds. The second-order valence-electron chi connectivity index (χ2n) is 4.81. The largest absolute Gasteiger partial charge is 0.304 e. The van der Waals surface area contributed by atoms with Crippen molar-refractivity contribution in [1.29, 1.82) is 0 Å².